The van der Waals surface area contributed by atoms with Gasteiger partial charge in [-0.15, -0.1) is 24.0 Å². The van der Waals surface area contributed by atoms with Gasteiger partial charge in [-0.3, -0.25) is 4.99 Å². The largest absolute Gasteiger partial charge is 0.497 e. The van der Waals surface area contributed by atoms with Gasteiger partial charge in [0.25, 0.3) is 0 Å². The van der Waals surface area contributed by atoms with E-state index in [0.29, 0.717) is 6.61 Å². The lowest BCUT2D eigenvalue weighted by atomic mass is 10.1. The molecular weight excluding hydrogens is 443 g/mol. The standard InChI is InChI=1S/C19H32N4O2.HI/c1-20-19(22-11-14-23-12-4-3-5-13-23)21-10-7-15-25-18-9-6-8-17(16-18)24-2;/h6,8-9,16H,3-5,7,10-15H2,1-2H3,(H2,20,21,22);1H. The van der Waals surface area contributed by atoms with Crippen molar-refractivity contribution < 1.29 is 9.47 Å². The van der Waals surface area contributed by atoms with E-state index < -0.39 is 0 Å². The molecule has 1 aliphatic rings. The van der Waals surface area contributed by atoms with Gasteiger partial charge in [-0.25, -0.2) is 0 Å². The third-order valence-corrected chi connectivity index (χ3v) is 4.32. The van der Waals surface area contributed by atoms with Crippen molar-refractivity contribution in [3.05, 3.63) is 24.3 Å². The first kappa shape index (κ1) is 22.8. The average molecular weight is 476 g/mol. The summed E-state index contributed by atoms with van der Waals surface area (Å²) < 4.78 is 10.9. The summed E-state index contributed by atoms with van der Waals surface area (Å²) in [5, 5.41) is 6.71. The van der Waals surface area contributed by atoms with E-state index in [2.05, 4.69) is 20.5 Å². The van der Waals surface area contributed by atoms with Crippen LogP contribution in [0, 0.1) is 0 Å². The van der Waals surface area contributed by atoms with Crippen molar-refractivity contribution in [1.82, 2.24) is 15.5 Å². The second-order valence-corrected chi connectivity index (χ2v) is 6.21. The molecule has 1 aromatic carbocycles. The minimum absolute atomic E-state index is 0. The van der Waals surface area contributed by atoms with Crippen LogP contribution in [0.2, 0.25) is 0 Å². The Labute approximate surface area is 174 Å². The molecule has 6 nitrogen and oxygen atoms in total. The number of piperidine rings is 1. The zero-order valence-electron chi connectivity index (χ0n) is 16.0. The van der Waals surface area contributed by atoms with Crippen LogP contribution in [-0.2, 0) is 0 Å². The molecule has 0 aliphatic carbocycles. The van der Waals surface area contributed by atoms with Gasteiger partial charge in [-0.2, -0.15) is 0 Å². The van der Waals surface area contributed by atoms with Crippen LogP contribution in [0.4, 0.5) is 0 Å². The van der Waals surface area contributed by atoms with Crippen molar-refractivity contribution >= 4 is 29.9 Å². The lowest BCUT2D eigenvalue weighted by Gasteiger charge is -2.26. The summed E-state index contributed by atoms with van der Waals surface area (Å²) >= 11 is 0. The third-order valence-electron chi connectivity index (χ3n) is 4.32. The molecule has 1 aliphatic heterocycles. The Hall–Kier alpha value is -1.22. The molecule has 0 unspecified atom stereocenters. The van der Waals surface area contributed by atoms with Crippen LogP contribution in [0.25, 0.3) is 0 Å². The summed E-state index contributed by atoms with van der Waals surface area (Å²) in [6.45, 7) is 5.96. The summed E-state index contributed by atoms with van der Waals surface area (Å²) in [6, 6.07) is 7.68. The fourth-order valence-corrected chi connectivity index (χ4v) is 2.90. The zero-order chi connectivity index (χ0) is 17.7. The van der Waals surface area contributed by atoms with Gasteiger partial charge in [0, 0.05) is 32.7 Å². The lowest BCUT2D eigenvalue weighted by Crippen LogP contribution is -2.43. The molecule has 0 aromatic heterocycles. The van der Waals surface area contributed by atoms with Crippen molar-refractivity contribution in [2.75, 3.05) is 53.5 Å². The highest BCUT2D eigenvalue weighted by molar-refractivity contribution is 14.0. The molecule has 1 aromatic rings. The summed E-state index contributed by atoms with van der Waals surface area (Å²) in [7, 11) is 3.47. The Morgan fingerprint density at radius 2 is 1.85 bits per heavy atom. The molecule has 148 valence electrons. The molecule has 0 radical (unpaired) electrons. The summed E-state index contributed by atoms with van der Waals surface area (Å²) in [4.78, 5) is 6.79. The predicted molar refractivity (Wildman–Crippen MR) is 118 cm³/mol. The van der Waals surface area contributed by atoms with E-state index in [0.717, 1.165) is 43.5 Å². The second-order valence-electron chi connectivity index (χ2n) is 6.21. The maximum atomic E-state index is 5.74. The van der Waals surface area contributed by atoms with E-state index in [4.69, 9.17) is 9.47 Å². The minimum Gasteiger partial charge on any atom is -0.497 e. The predicted octanol–water partition coefficient (Wildman–Crippen LogP) is 2.73. The van der Waals surface area contributed by atoms with Crippen LogP contribution in [0.3, 0.4) is 0 Å². The van der Waals surface area contributed by atoms with E-state index in [1.807, 2.05) is 31.3 Å². The van der Waals surface area contributed by atoms with Crippen molar-refractivity contribution in [3.8, 4) is 11.5 Å². The Balaban J connectivity index is 0.00000338. The molecule has 2 N–H and O–H groups in total. The van der Waals surface area contributed by atoms with Crippen LogP contribution >= 0.6 is 24.0 Å². The molecule has 0 atom stereocenters. The molecule has 1 heterocycles. The van der Waals surface area contributed by atoms with Crippen molar-refractivity contribution in [1.29, 1.82) is 0 Å². The normalized spacial score (nSPS) is 15.1. The van der Waals surface area contributed by atoms with Gasteiger partial charge in [0.05, 0.1) is 13.7 Å². The van der Waals surface area contributed by atoms with Gasteiger partial charge in [-0.1, -0.05) is 12.5 Å². The number of likely N-dealkylation sites (tertiary alicyclic amines) is 1. The van der Waals surface area contributed by atoms with Crippen LogP contribution in [0.15, 0.2) is 29.3 Å². The minimum atomic E-state index is 0. The molecule has 0 saturated carbocycles. The average Bonchev–Trinajstić information content (AvgIpc) is 2.67. The second kappa shape index (κ2) is 13.9. The van der Waals surface area contributed by atoms with Crippen molar-refractivity contribution in [3.63, 3.8) is 0 Å². The van der Waals surface area contributed by atoms with Gasteiger partial charge >= 0.3 is 0 Å². The van der Waals surface area contributed by atoms with Gasteiger partial charge in [0.15, 0.2) is 5.96 Å². The molecule has 2 rings (SSSR count). The fraction of sp³-hybridized carbons (Fsp3) is 0.632. The van der Waals surface area contributed by atoms with Gasteiger partial charge in [0.2, 0.25) is 0 Å². The first-order valence-electron chi connectivity index (χ1n) is 9.25. The number of benzene rings is 1. The zero-order valence-corrected chi connectivity index (χ0v) is 18.3. The maximum Gasteiger partial charge on any atom is 0.191 e. The molecular formula is C19H33IN4O2. The summed E-state index contributed by atoms with van der Waals surface area (Å²) in [5.41, 5.74) is 0. The number of methoxy groups -OCH3 is 1. The number of guanidine groups is 1. The quantitative estimate of drug-likeness (QED) is 0.249. The van der Waals surface area contributed by atoms with E-state index in [9.17, 15) is 0 Å². The highest BCUT2D eigenvalue weighted by Crippen LogP contribution is 2.18. The van der Waals surface area contributed by atoms with E-state index >= 15 is 0 Å². The molecule has 1 fully saturated rings. The molecule has 0 amide bonds. The summed E-state index contributed by atoms with van der Waals surface area (Å²) in [5.74, 6) is 2.51. The number of ether oxygens (including phenoxy) is 2. The van der Waals surface area contributed by atoms with Gasteiger partial charge in [-0.05, 0) is 44.5 Å². The number of halogens is 1. The van der Waals surface area contributed by atoms with Gasteiger partial charge in [0.1, 0.15) is 11.5 Å². The number of hydrogen-bond donors (Lipinski definition) is 2. The van der Waals surface area contributed by atoms with E-state index in [-0.39, 0.29) is 24.0 Å². The fourth-order valence-electron chi connectivity index (χ4n) is 2.90. The van der Waals surface area contributed by atoms with Crippen LogP contribution in [0.1, 0.15) is 25.7 Å². The summed E-state index contributed by atoms with van der Waals surface area (Å²) in [6.07, 6.45) is 4.95. The number of hydrogen-bond acceptors (Lipinski definition) is 4. The number of nitrogens with zero attached hydrogens (tertiary/aromatic N) is 2. The molecule has 0 bridgehead atoms. The highest BCUT2D eigenvalue weighted by Gasteiger charge is 2.09. The van der Waals surface area contributed by atoms with Crippen LogP contribution < -0.4 is 20.1 Å². The highest BCUT2D eigenvalue weighted by atomic mass is 127. The van der Waals surface area contributed by atoms with E-state index in [1.165, 1.54) is 32.4 Å². The number of rotatable bonds is 9. The topological polar surface area (TPSA) is 58.1 Å². The monoisotopic (exact) mass is 476 g/mol. The Morgan fingerprint density at radius 1 is 1.12 bits per heavy atom. The molecule has 1 saturated heterocycles. The SMILES string of the molecule is CN=C(NCCCOc1cccc(OC)c1)NCCN1CCCCC1.I. The Morgan fingerprint density at radius 3 is 2.58 bits per heavy atom. The molecule has 7 heteroatoms. The smallest absolute Gasteiger partial charge is 0.191 e. The van der Waals surface area contributed by atoms with Gasteiger partial charge < -0.3 is 25.0 Å². The maximum absolute atomic E-state index is 5.74. The van der Waals surface area contributed by atoms with Crippen LogP contribution in [0.5, 0.6) is 11.5 Å². The van der Waals surface area contributed by atoms with E-state index in [1.54, 1.807) is 7.11 Å². The Bertz CT molecular complexity index is 522. The number of nitrogens with one attached hydrogen (secondary N) is 2. The first-order chi connectivity index (χ1) is 12.3. The molecule has 0 spiro atoms. The van der Waals surface area contributed by atoms with Crippen LogP contribution in [-0.4, -0.2) is 64.3 Å². The first-order valence-corrected chi connectivity index (χ1v) is 9.25. The lowest BCUT2D eigenvalue weighted by molar-refractivity contribution is 0.232. The molecule has 26 heavy (non-hydrogen) atoms. The van der Waals surface area contributed by atoms with Crippen molar-refractivity contribution in [2.24, 2.45) is 4.99 Å². The Kier molecular flexibility index (Phi) is 12.2. The van der Waals surface area contributed by atoms with Crippen molar-refractivity contribution in [2.45, 2.75) is 25.7 Å². The number of aliphatic imine (C=N–C) groups is 1. The third kappa shape index (κ3) is 8.93.